The number of hydrogen-bond acceptors (Lipinski definition) is 2. The highest BCUT2D eigenvalue weighted by molar-refractivity contribution is 5.22. The Morgan fingerprint density at radius 2 is 2.50 bits per heavy atom. The summed E-state index contributed by atoms with van der Waals surface area (Å²) in [4.78, 5) is 4.28. The third kappa shape index (κ3) is 0.635. The Morgan fingerprint density at radius 3 is 3.30 bits per heavy atom. The Labute approximate surface area is 58.5 Å². The van der Waals surface area contributed by atoms with E-state index >= 15 is 0 Å². The molecule has 0 bridgehead atoms. The van der Waals surface area contributed by atoms with Crippen molar-refractivity contribution in [3.63, 3.8) is 0 Å². The van der Waals surface area contributed by atoms with Crippen LogP contribution in [-0.2, 0) is 0 Å². The molecule has 0 aliphatic carbocycles. The largest absolute Gasteiger partial charge is 0.339 e. The van der Waals surface area contributed by atoms with Crippen LogP contribution in [0.5, 0.6) is 0 Å². The van der Waals surface area contributed by atoms with Gasteiger partial charge in [0, 0.05) is 12.7 Å². The Hall–Kier alpha value is -1.25. The van der Waals surface area contributed by atoms with Gasteiger partial charge in [-0.15, -0.1) is 0 Å². The number of aromatic nitrogens is 1. The summed E-state index contributed by atoms with van der Waals surface area (Å²) in [6, 6.07) is 1.94. The van der Waals surface area contributed by atoms with Crippen LogP contribution in [0.1, 0.15) is 6.42 Å². The fraction of sp³-hybridized carbons (Fsp3) is 0.286. The van der Waals surface area contributed by atoms with Crippen LogP contribution in [0.25, 0.3) is 6.08 Å². The average Bonchev–Trinajstić information content (AvgIpc) is 2.34. The van der Waals surface area contributed by atoms with E-state index in [2.05, 4.69) is 11.1 Å². The molecule has 1 aliphatic heterocycles. The predicted octanol–water partition coefficient (Wildman–Crippen LogP) is -0.994. The smallest absolute Gasteiger partial charge is 0.0842 e. The van der Waals surface area contributed by atoms with Gasteiger partial charge in [0.2, 0.25) is 0 Å². The van der Waals surface area contributed by atoms with Gasteiger partial charge in [-0.1, -0.05) is 6.08 Å². The lowest BCUT2D eigenvalue weighted by Gasteiger charge is -1.95. The molecule has 0 amide bonds. The summed E-state index contributed by atoms with van der Waals surface area (Å²) in [7, 11) is 0. The van der Waals surface area contributed by atoms with Gasteiger partial charge < -0.3 is 5.84 Å². The molecule has 1 aromatic rings. The number of nitrogens with zero attached hydrogens (tertiary/aromatic N) is 2. The van der Waals surface area contributed by atoms with Gasteiger partial charge in [0.15, 0.2) is 0 Å². The van der Waals surface area contributed by atoms with Crippen molar-refractivity contribution in [3.8, 4) is 0 Å². The Balaban J connectivity index is 2.89. The monoisotopic (exact) mass is 135 g/mol. The second kappa shape index (κ2) is 1.87. The van der Waals surface area contributed by atoms with Crippen LogP contribution >= 0.6 is 0 Å². The van der Waals surface area contributed by atoms with Gasteiger partial charge in [0.1, 0.15) is 0 Å². The molecular formula is C7H9N3. The molecule has 0 saturated heterocycles. The fourth-order valence-electron chi connectivity index (χ4n) is 1.18. The minimum atomic E-state index is 0.900. The van der Waals surface area contributed by atoms with E-state index in [-0.39, 0.29) is 0 Å². The van der Waals surface area contributed by atoms with Crippen molar-refractivity contribution >= 4 is 6.08 Å². The second-order valence-corrected chi connectivity index (χ2v) is 2.37. The van der Waals surface area contributed by atoms with E-state index in [0.29, 0.717) is 0 Å². The molecule has 0 spiro atoms. The van der Waals surface area contributed by atoms with Gasteiger partial charge >= 0.3 is 0 Å². The van der Waals surface area contributed by atoms with Crippen LogP contribution in [0, 0.1) is 0 Å². The Morgan fingerprint density at radius 1 is 1.60 bits per heavy atom. The highest BCUT2D eigenvalue weighted by Gasteiger charge is 1.96. The molecule has 0 atom stereocenters. The zero-order valence-electron chi connectivity index (χ0n) is 5.62. The minimum Gasteiger partial charge on any atom is -0.339 e. The Kier molecular flexibility index (Phi) is 1.03. The van der Waals surface area contributed by atoms with Crippen molar-refractivity contribution in [3.05, 3.63) is 23.0 Å². The lowest BCUT2D eigenvalue weighted by Crippen LogP contribution is -2.35. The predicted molar refractivity (Wildman–Crippen MR) is 39.3 cm³/mol. The second-order valence-electron chi connectivity index (χ2n) is 2.37. The topological polar surface area (TPSA) is 43.3 Å². The molecule has 10 heavy (non-hydrogen) atoms. The highest BCUT2D eigenvalue weighted by Crippen LogP contribution is 1.84. The van der Waals surface area contributed by atoms with E-state index in [9.17, 15) is 0 Å². The maximum atomic E-state index is 5.59. The SMILES string of the molecule is Nn1ccc2c1=CCCN=2. The molecule has 1 aromatic heterocycles. The van der Waals surface area contributed by atoms with Crippen molar-refractivity contribution in [2.45, 2.75) is 6.42 Å². The summed E-state index contributed by atoms with van der Waals surface area (Å²) in [5.74, 6) is 5.59. The molecule has 2 heterocycles. The third-order valence-electron chi connectivity index (χ3n) is 1.68. The summed E-state index contributed by atoms with van der Waals surface area (Å²) < 4.78 is 1.61. The van der Waals surface area contributed by atoms with Crippen molar-refractivity contribution in [2.24, 2.45) is 4.99 Å². The van der Waals surface area contributed by atoms with Crippen LogP contribution < -0.4 is 16.5 Å². The first-order valence-corrected chi connectivity index (χ1v) is 3.35. The molecule has 1 aliphatic rings. The standard InChI is InChI=1S/C7H9N3/c8-10-5-3-6-7(10)2-1-4-9-6/h2-3,5H,1,4,8H2. The summed E-state index contributed by atoms with van der Waals surface area (Å²) in [6.45, 7) is 0.900. The van der Waals surface area contributed by atoms with Crippen molar-refractivity contribution < 1.29 is 0 Å². The molecule has 0 radical (unpaired) electrons. The minimum absolute atomic E-state index is 0.900. The van der Waals surface area contributed by atoms with Gasteiger partial charge in [-0.3, -0.25) is 9.67 Å². The van der Waals surface area contributed by atoms with Gasteiger partial charge in [0.05, 0.1) is 10.7 Å². The van der Waals surface area contributed by atoms with Gasteiger partial charge in [-0.25, -0.2) is 0 Å². The molecule has 0 fully saturated rings. The number of rotatable bonds is 0. The molecule has 3 nitrogen and oxygen atoms in total. The molecule has 0 unspecified atom stereocenters. The van der Waals surface area contributed by atoms with E-state index in [0.717, 1.165) is 23.7 Å². The third-order valence-corrected chi connectivity index (χ3v) is 1.68. The lowest BCUT2D eigenvalue weighted by molar-refractivity contribution is 0.900. The summed E-state index contributed by atoms with van der Waals surface area (Å²) >= 11 is 0. The first-order valence-electron chi connectivity index (χ1n) is 3.35. The quantitative estimate of drug-likeness (QED) is 0.456. The van der Waals surface area contributed by atoms with Crippen LogP contribution in [0.2, 0.25) is 0 Å². The van der Waals surface area contributed by atoms with Crippen LogP contribution in [-0.4, -0.2) is 11.2 Å². The number of nitrogen functional groups attached to an aromatic ring is 1. The molecular weight excluding hydrogens is 126 g/mol. The van der Waals surface area contributed by atoms with Crippen molar-refractivity contribution in [1.82, 2.24) is 4.68 Å². The van der Waals surface area contributed by atoms with Crippen molar-refractivity contribution in [2.75, 3.05) is 12.4 Å². The van der Waals surface area contributed by atoms with E-state index < -0.39 is 0 Å². The first-order chi connectivity index (χ1) is 4.88. The molecule has 0 saturated carbocycles. The van der Waals surface area contributed by atoms with Gasteiger partial charge in [-0.05, 0) is 12.5 Å². The van der Waals surface area contributed by atoms with E-state index in [1.54, 1.807) is 4.68 Å². The van der Waals surface area contributed by atoms with Gasteiger partial charge in [-0.2, -0.15) is 0 Å². The number of nitrogens with two attached hydrogens (primary N) is 1. The van der Waals surface area contributed by atoms with Crippen LogP contribution in [0.4, 0.5) is 0 Å². The Bertz CT molecular complexity index is 347. The lowest BCUT2D eigenvalue weighted by atomic mass is 10.3. The summed E-state index contributed by atoms with van der Waals surface area (Å²) in [5.41, 5.74) is 0. The maximum absolute atomic E-state index is 5.59. The zero-order chi connectivity index (χ0) is 6.97. The van der Waals surface area contributed by atoms with E-state index in [1.165, 1.54) is 0 Å². The molecule has 2 rings (SSSR count). The summed E-state index contributed by atoms with van der Waals surface area (Å²) in [5, 5.41) is 2.07. The van der Waals surface area contributed by atoms with E-state index in [1.807, 2.05) is 12.3 Å². The summed E-state index contributed by atoms with van der Waals surface area (Å²) in [6.07, 6.45) is 4.95. The molecule has 52 valence electrons. The van der Waals surface area contributed by atoms with Gasteiger partial charge in [0.25, 0.3) is 0 Å². The molecule has 3 heteroatoms. The molecule has 0 aromatic carbocycles. The number of hydrogen-bond donors (Lipinski definition) is 1. The highest BCUT2D eigenvalue weighted by atomic mass is 15.3. The molecule has 2 N–H and O–H groups in total. The first kappa shape index (κ1) is 5.53. The van der Waals surface area contributed by atoms with Crippen molar-refractivity contribution in [1.29, 1.82) is 0 Å². The average molecular weight is 135 g/mol. The van der Waals surface area contributed by atoms with Crippen LogP contribution in [0.3, 0.4) is 0 Å². The zero-order valence-corrected chi connectivity index (χ0v) is 5.62. The number of fused-ring (bicyclic) bond motifs is 1. The fourth-order valence-corrected chi connectivity index (χ4v) is 1.18. The van der Waals surface area contributed by atoms with E-state index in [4.69, 9.17) is 5.84 Å². The van der Waals surface area contributed by atoms with Crippen LogP contribution in [0.15, 0.2) is 17.3 Å². The maximum Gasteiger partial charge on any atom is 0.0842 e. The normalized spacial score (nSPS) is 15.2.